The Balaban J connectivity index is 1.66. The molecule has 0 saturated carbocycles. The van der Waals surface area contributed by atoms with Crippen LogP contribution in [0, 0.1) is 5.92 Å². The molecule has 1 fully saturated rings. The molecule has 176 valence electrons. The average Bonchev–Trinajstić information content (AvgIpc) is 2.72. The lowest BCUT2D eigenvalue weighted by molar-refractivity contribution is 0.0475. The van der Waals surface area contributed by atoms with Gasteiger partial charge in [0, 0.05) is 6.04 Å². The van der Waals surface area contributed by atoms with Crippen LogP contribution in [0.5, 0.6) is 5.75 Å². The van der Waals surface area contributed by atoms with E-state index in [0.29, 0.717) is 6.04 Å². The molecule has 2 unspecified atom stereocenters. The third-order valence-corrected chi connectivity index (χ3v) is 7.95. The van der Waals surface area contributed by atoms with Crippen LogP contribution in [0.25, 0.3) is 0 Å². The summed E-state index contributed by atoms with van der Waals surface area (Å²) in [5, 5.41) is 0. The normalized spacial score (nSPS) is 18.3. The molecule has 1 aliphatic rings. The Hall–Kier alpha value is -1.41. The fourth-order valence-electron chi connectivity index (χ4n) is 4.61. The van der Waals surface area contributed by atoms with Crippen LogP contribution < -0.4 is 4.43 Å². The van der Waals surface area contributed by atoms with Gasteiger partial charge in [-0.05, 0) is 108 Å². The molecular weight excluding hydrogens is 426 g/mol. The third kappa shape index (κ3) is 7.87. The predicted octanol–water partition coefficient (Wildman–Crippen LogP) is 7.14. The zero-order valence-corrected chi connectivity index (χ0v) is 23.2. The lowest BCUT2D eigenvalue weighted by Gasteiger charge is -2.41. The molecule has 32 heavy (non-hydrogen) atoms. The Kier molecular flexibility index (Phi) is 8.42. The summed E-state index contributed by atoms with van der Waals surface area (Å²) in [6.45, 7) is 18.2. The van der Waals surface area contributed by atoms with Crippen LogP contribution in [-0.2, 0) is 10.8 Å². The number of rotatable bonds is 9. The van der Waals surface area contributed by atoms with Crippen molar-refractivity contribution in [1.82, 2.24) is 4.90 Å². The van der Waals surface area contributed by atoms with Gasteiger partial charge in [0.1, 0.15) is 5.75 Å². The molecule has 0 radical (unpaired) electrons. The Morgan fingerprint density at radius 3 is 1.97 bits per heavy atom. The minimum absolute atomic E-state index is 0.105. The monoisotopic (exact) mass is 469 g/mol. The van der Waals surface area contributed by atoms with Crippen LogP contribution in [0.1, 0.15) is 37.0 Å². The van der Waals surface area contributed by atoms with E-state index in [9.17, 15) is 0 Å². The van der Waals surface area contributed by atoms with Crippen molar-refractivity contribution in [1.29, 1.82) is 0 Å². The van der Waals surface area contributed by atoms with E-state index >= 15 is 0 Å². The van der Waals surface area contributed by atoms with Gasteiger partial charge in [-0.25, -0.2) is 0 Å². The van der Waals surface area contributed by atoms with Gasteiger partial charge < -0.3 is 8.85 Å². The molecule has 0 aliphatic carbocycles. The minimum Gasteiger partial charge on any atom is -0.544 e. The molecule has 2 aromatic rings. The van der Waals surface area contributed by atoms with Crippen LogP contribution in [0.2, 0.25) is 39.3 Å². The maximum atomic E-state index is 6.77. The molecule has 3 nitrogen and oxygen atoms in total. The summed E-state index contributed by atoms with van der Waals surface area (Å²) in [6.07, 6.45) is 3.84. The second-order valence-corrected chi connectivity index (χ2v) is 20.2. The summed E-state index contributed by atoms with van der Waals surface area (Å²) in [4.78, 5) is 2.65. The molecule has 1 heterocycles. The first-order valence-corrected chi connectivity index (χ1v) is 19.1. The van der Waals surface area contributed by atoms with E-state index in [1.807, 2.05) is 0 Å². The first kappa shape index (κ1) is 25.2. The van der Waals surface area contributed by atoms with Gasteiger partial charge in [0.2, 0.25) is 8.32 Å². The molecule has 0 amide bonds. The molecule has 5 heteroatoms. The lowest BCUT2D eigenvalue weighted by Crippen LogP contribution is -2.45. The van der Waals surface area contributed by atoms with Gasteiger partial charge in [0.15, 0.2) is 8.32 Å². The summed E-state index contributed by atoms with van der Waals surface area (Å²) >= 11 is 0. The highest BCUT2D eigenvalue weighted by atomic mass is 28.4. The summed E-state index contributed by atoms with van der Waals surface area (Å²) < 4.78 is 12.9. The average molecular weight is 470 g/mol. The van der Waals surface area contributed by atoms with Crippen LogP contribution in [0.3, 0.4) is 0 Å². The highest BCUT2D eigenvalue weighted by molar-refractivity contribution is 6.70. The molecule has 0 bridgehead atoms. The molecule has 1 aliphatic heterocycles. The predicted molar refractivity (Wildman–Crippen MR) is 141 cm³/mol. The largest absolute Gasteiger partial charge is 0.544 e. The number of benzene rings is 2. The quantitative estimate of drug-likeness (QED) is 0.364. The van der Waals surface area contributed by atoms with Gasteiger partial charge in [0.05, 0.1) is 6.10 Å². The first-order valence-electron chi connectivity index (χ1n) is 12.2. The number of hydrogen-bond acceptors (Lipinski definition) is 3. The molecule has 2 aromatic carbocycles. The zero-order chi connectivity index (χ0) is 23.4. The summed E-state index contributed by atoms with van der Waals surface area (Å²) in [6, 6.07) is 20.0. The zero-order valence-electron chi connectivity index (χ0n) is 21.2. The maximum absolute atomic E-state index is 6.77. The topological polar surface area (TPSA) is 21.7 Å². The number of piperidine rings is 1. The van der Waals surface area contributed by atoms with Crippen molar-refractivity contribution in [3.05, 3.63) is 65.7 Å². The van der Waals surface area contributed by atoms with Crippen molar-refractivity contribution in [3.63, 3.8) is 0 Å². The Morgan fingerprint density at radius 1 is 0.844 bits per heavy atom. The molecular formula is C27H43NO2Si2. The van der Waals surface area contributed by atoms with Gasteiger partial charge in [-0.2, -0.15) is 0 Å². The molecule has 2 atom stereocenters. The van der Waals surface area contributed by atoms with Crippen LogP contribution >= 0.6 is 0 Å². The maximum Gasteiger partial charge on any atom is 0.242 e. The fraction of sp³-hybridized carbons (Fsp3) is 0.556. The van der Waals surface area contributed by atoms with Crippen LogP contribution in [0.15, 0.2) is 54.6 Å². The van der Waals surface area contributed by atoms with Crippen molar-refractivity contribution < 1.29 is 8.85 Å². The van der Waals surface area contributed by atoms with Crippen molar-refractivity contribution in [2.75, 3.05) is 13.1 Å². The Bertz CT molecular complexity index is 819. The summed E-state index contributed by atoms with van der Waals surface area (Å²) in [5.74, 6) is 1.77. The van der Waals surface area contributed by atoms with E-state index in [1.165, 1.54) is 30.4 Å². The first-order chi connectivity index (χ1) is 15.0. The van der Waals surface area contributed by atoms with E-state index in [2.05, 4.69) is 106 Å². The SMILES string of the molecule is CC(C(O[Si](C)(C)C)c1ccc(O[Si](C)(C)C)cc1)N1CCC(Cc2ccccc2)CC1. The second-order valence-electron chi connectivity index (χ2n) is 11.3. The van der Waals surface area contributed by atoms with E-state index in [4.69, 9.17) is 8.85 Å². The van der Waals surface area contributed by atoms with E-state index in [-0.39, 0.29) is 6.10 Å². The van der Waals surface area contributed by atoms with E-state index < -0.39 is 16.6 Å². The highest BCUT2D eigenvalue weighted by Crippen LogP contribution is 2.33. The summed E-state index contributed by atoms with van der Waals surface area (Å²) in [5.41, 5.74) is 2.74. The molecule has 1 saturated heterocycles. The lowest BCUT2D eigenvalue weighted by atomic mass is 9.89. The molecule has 0 aromatic heterocycles. The van der Waals surface area contributed by atoms with Crippen molar-refractivity contribution in [2.45, 2.75) is 77.6 Å². The van der Waals surface area contributed by atoms with Gasteiger partial charge in [0.25, 0.3) is 0 Å². The van der Waals surface area contributed by atoms with Crippen molar-refractivity contribution in [3.8, 4) is 5.75 Å². The van der Waals surface area contributed by atoms with Gasteiger partial charge in [-0.15, -0.1) is 0 Å². The highest BCUT2D eigenvalue weighted by Gasteiger charge is 2.32. The van der Waals surface area contributed by atoms with Gasteiger partial charge in [-0.3, -0.25) is 4.90 Å². The Morgan fingerprint density at radius 2 is 1.44 bits per heavy atom. The standard InChI is InChI=1S/C27H43NO2Si2/c1-22(28-19-17-24(18-20-28)21-23-11-9-8-10-12-23)27(30-32(5,6)7)25-13-15-26(16-14-25)29-31(2,3)4/h8-16,22,24,27H,17-21H2,1-7H3. The second kappa shape index (κ2) is 10.7. The minimum atomic E-state index is -1.70. The number of hydrogen-bond donors (Lipinski definition) is 0. The van der Waals surface area contributed by atoms with Gasteiger partial charge in [-0.1, -0.05) is 42.5 Å². The third-order valence-electron chi connectivity index (χ3n) is 6.14. The van der Waals surface area contributed by atoms with Crippen LogP contribution in [-0.4, -0.2) is 40.7 Å². The number of likely N-dealkylation sites (tertiary alicyclic amines) is 1. The molecule has 3 rings (SSSR count). The smallest absolute Gasteiger partial charge is 0.242 e. The van der Waals surface area contributed by atoms with Gasteiger partial charge >= 0.3 is 0 Å². The Labute approximate surface area is 198 Å². The van der Waals surface area contributed by atoms with Crippen molar-refractivity contribution >= 4 is 16.6 Å². The fourth-order valence-corrected chi connectivity index (χ4v) is 6.55. The summed E-state index contributed by atoms with van der Waals surface area (Å²) in [7, 11) is -3.29. The van der Waals surface area contributed by atoms with Crippen LogP contribution in [0.4, 0.5) is 0 Å². The van der Waals surface area contributed by atoms with E-state index in [1.54, 1.807) is 0 Å². The molecule has 0 N–H and O–H groups in total. The molecule has 0 spiro atoms. The van der Waals surface area contributed by atoms with E-state index in [0.717, 1.165) is 24.8 Å². The van der Waals surface area contributed by atoms with Crippen molar-refractivity contribution in [2.24, 2.45) is 5.92 Å². The number of nitrogens with zero attached hydrogens (tertiary/aromatic N) is 1.